The van der Waals surface area contributed by atoms with Crippen LogP contribution in [0.4, 0.5) is 8.78 Å². The van der Waals surface area contributed by atoms with Gasteiger partial charge in [0, 0.05) is 18.3 Å². The van der Waals surface area contributed by atoms with Gasteiger partial charge < -0.3 is 15.8 Å². The minimum atomic E-state index is -0.676. The summed E-state index contributed by atoms with van der Waals surface area (Å²) in [6.07, 6.45) is 3.90. The van der Waals surface area contributed by atoms with Gasteiger partial charge in [-0.1, -0.05) is 26.3 Å². The predicted molar refractivity (Wildman–Crippen MR) is 120 cm³/mol. The molecule has 1 aromatic carbocycles. The lowest BCUT2D eigenvalue weighted by molar-refractivity contribution is 0.0937. The molecule has 0 aliphatic heterocycles. The zero-order chi connectivity index (χ0) is 23.5. The fourth-order valence-electron chi connectivity index (χ4n) is 3.36. The molecule has 0 saturated carbocycles. The van der Waals surface area contributed by atoms with Crippen molar-refractivity contribution in [3.05, 3.63) is 64.6 Å². The molecule has 8 heteroatoms. The van der Waals surface area contributed by atoms with Crippen molar-refractivity contribution >= 4 is 11.6 Å². The molecule has 2 heterocycles. The fourth-order valence-corrected chi connectivity index (χ4v) is 3.36. The summed E-state index contributed by atoms with van der Waals surface area (Å²) in [7, 11) is 0. The highest BCUT2D eigenvalue weighted by atomic mass is 19.1. The highest BCUT2D eigenvalue weighted by Gasteiger charge is 2.24. The minimum Gasteiger partial charge on any atom is -0.485 e. The molecule has 32 heavy (non-hydrogen) atoms. The molecular weight excluding hydrogens is 414 g/mol. The number of hydrogen-bond donors (Lipinski definition) is 2. The van der Waals surface area contributed by atoms with Crippen molar-refractivity contribution in [1.29, 1.82) is 0 Å². The smallest absolute Gasteiger partial charge is 0.270 e. The summed E-state index contributed by atoms with van der Waals surface area (Å²) in [6.45, 7) is 7.73. The maximum Gasteiger partial charge on any atom is 0.270 e. The van der Waals surface area contributed by atoms with Gasteiger partial charge in [-0.05, 0) is 50.5 Å². The van der Waals surface area contributed by atoms with Gasteiger partial charge in [0.05, 0.1) is 11.3 Å². The Kier molecular flexibility index (Phi) is 7.13. The molecule has 0 fully saturated rings. The highest BCUT2D eigenvalue weighted by molar-refractivity contribution is 5.95. The number of carbonyl (C=O) groups is 1. The number of nitrogens with one attached hydrogen (secondary N) is 1. The summed E-state index contributed by atoms with van der Waals surface area (Å²) in [4.78, 5) is 17.7. The van der Waals surface area contributed by atoms with Gasteiger partial charge in [-0.25, -0.2) is 13.8 Å². The van der Waals surface area contributed by atoms with Crippen molar-refractivity contribution in [2.45, 2.75) is 59.1 Å². The molecule has 3 rings (SSSR count). The molecule has 2 aromatic heterocycles. The van der Waals surface area contributed by atoms with Gasteiger partial charge in [0.25, 0.3) is 5.91 Å². The lowest BCUT2D eigenvalue weighted by Crippen LogP contribution is -2.47. The van der Waals surface area contributed by atoms with E-state index < -0.39 is 17.2 Å². The second kappa shape index (κ2) is 9.65. The number of imidazole rings is 1. The summed E-state index contributed by atoms with van der Waals surface area (Å²) >= 11 is 0. The van der Waals surface area contributed by atoms with Crippen molar-refractivity contribution in [1.82, 2.24) is 14.7 Å². The van der Waals surface area contributed by atoms with E-state index in [9.17, 15) is 13.6 Å². The molecule has 1 unspecified atom stereocenters. The van der Waals surface area contributed by atoms with Crippen molar-refractivity contribution in [2.24, 2.45) is 5.73 Å². The molecule has 0 spiro atoms. The molecular formula is C24H30F2N4O2. The Bertz CT molecular complexity index is 1100. The molecule has 172 valence electrons. The second-order valence-electron chi connectivity index (χ2n) is 8.41. The zero-order valence-electron chi connectivity index (χ0n) is 19.0. The van der Waals surface area contributed by atoms with Crippen molar-refractivity contribution < 1.29 is 18.3 Å². The minimum absolute atomic E-state index is 0.160. The maximum absolute atomic E-state index is 14.0. The standard InChI is InChI=1S/C24H30F2N4O2/c1-5-8-19-21(23(31)28-14-24(4,27)6-2)30-12-15(3)11-20(22(30)29-19)32-13-16-17(25)9-7-10-18(16)26/h7,9-12H,5-6,8,13-14,27H2,1-4H3,(H,28,31). The van der Waals surface area contributed by atoms with Crippen molar-refractivity contribution in [3.8, 4) is 5.75 Å². The highest BCUT2D eigenvalue weighted by Crippen LogP contribution is 2.27. The zero-order valence-corrected chi connectivity index (χ0v) is 19.0. The van der Waals surface area contributed by atoms with Crippen LogP contribution in [-0.2, 0) is 13.0 Å². The number of halogens is 2. The van der Waals surface area contributed by atoms with Crippen LogP contribution < -0.4 is 15.8 Å². The van der Waals surface area contributed by atoms with Crippen molar-refractivity contribution in [3.63, 3.8) is 0 Å². The van der Waals surface area contributed by atoms with Gasteiger partial charge >= 0.3 is 0 Å². The van der Waals surface area contributed by atoms with Gasteiger partial charge in [-0.15, -0.1) is 0 Å². The van der Waals surface area contributed by atoms with Crippen LogP contribution in [-0.4, -0.2) is 27.4 Å². The monoisotopic (exact) mass is 444 g/mol. The number of benzene rings is 1. The van der Waals surface area contributed by atoms with Gasteiger partial charge in [-0.3, -0.25) is 9.20 Å². The number of rotatable bonds is 9. The predicted octanol–water partition coefficient (Wildman–Crippen LogP) is 4.31. The Morgan fingerprint density at radius 2 is 1.97 bits per heavy atom. The van der Waals surface area contributed by atoms with Gasteiger partial charge in [0.1, 0.15) is 23.9 Å². The van der Waals surface area contributed by atoms with E-state index in [0.717, 1.165) is 12.0 Å². The third-order valence-corrected chi connectivity index (χ3v) is 5.49. The number of ether oxygens (including phenoxy) is 1. The Labute approximate surface area is 186 Å². The number of amides is 1. The number of fused-ring (bicyclic) bond motifs is 1. The van der Waals surface area contributed by atoms with E-state index in [1.165, 1.54) is 18.2 Å². The third-order valence-electron chi connectivity index (χ3n) is 5.49. The van der Waals surface area contributed by atoms with Crippen LogP contribution in [0, 0.1) is 18.6 Å². The Balaban J connectivity index is 1.99. The quantitative estimate of drug-likeness (QED) is 0.515. The first kappa shape index (κ1) is 23.7. The normalized spacial score (nSPS) is 13.2. The molecule has 1 amide bonds. The van der Waals surface area contributed by atoms with Gasteiger partial charge in [0.15, 0.2) is 11.4 Å². The van der Waals surface area contributed by atoms with E-state index >= 15 is 0 Å². The van der Waals surface area contributed by atoms with E-state index in [2.05, 4.69) is 10.3 Å². The molecule has 1 atom stereocenters. The number of nitrogens with two attached hydrogens (primary N) is 1. The van der Waals surface area contributed by atoms with Crippen LogP contribution in [0.2, 0.25) is 0 Å². The molecule has 3 aromatic rings. The van der Waals surface area contributed by atoms with Crippen LogP contribution in [0.1, 0.15) is 60.9 Å². The van der Waals surface area contributed by atoms with Crippen LogP contribution in [0.15, 0.2) is 30.5 Å². The Morgan fingerprint density at radius 3 is 2.59 bits per heavy atom. The van der Waals surface area contributed by atoms with Crippen LogP contribution in [0.3, 0.4) is 0 Å². The van der Waals surface area contributed by atoms with E-state index in [4.69, 9.17) is 10.5 Å². The average Bonchev–Trinajstić information content (AvgIpc) is 3.10. The second-order valence-corrected chi connectivity index (χ2v) is 8.41. The molecule has 6 nitrogen and oxygen atoms in total. The summed E-state index contributed by atoms with van der Waals surface area (Å²) < 4.78 is 35.5. The number of aromatic nitrogens is 2. The van der Waals surface area contributed by atoms with E-state index in [0.29, 0.717) is 42.2 Å². The van der Waals surface area contributed by atoms with Gasteiger partial charge in [0.2, 0.25) is 0 Å². The number of aryl methyl sites for hydroxylation is 2. The molecule has 3 N–H and O–H groups in total. The summed E-state index contributed by atoms with van der Waals surface area (Å²) in [6, 6.07) is 5.42. The average molecular weight is 445 g/mol. The van der Waals surface area contributed by atoms with Crippen molar-refractivity contribution in [2.75, 3.05) is 6.54 Å². The SMILES string of the molecule is CCCc1nc2c(OCc3c(F)cccc3F)cc(C)cn2c1C(=O)NCC(C)(N)CC. The van der Waals surface area contributed by atoms with E-state index in [1.807, 2.05) is 27.7 Å². The topological polar surface area (TPSA) is 81.7 Å². The fraction of sp³-hybridized carbons (Fsp3) is 0.417. The number of pyridine rings is 1. The Hall–Kier alpha value is -3.00. The number of nitrogens with zero attached hydrogens (tertiary/aromatic N) is 2. The summed E-state index contributed by atoms with van der Waals surface area (Å²) in [5.74, 6) is -1.28. The van der Waals surface area contributed by atoms with Crippen LogP contribution in [0.25, 0.3) is 5.65 Å². The maximum atomic E-state index is 14.0. The van der Waals surface area contributed by atoms with E-state index in [-0.39, 0.29) is 18.1 Å². The first-order valence-electron chi connectivity index (χ1n) is 10.8. The van der Waals surface area contributed by atoms with E-state index in [1.54, 1.807) is 16.7 Å². The molecule has 0 radical (unpaired) electrons. The van der Waals surface area contributed by atoms with Gasteiger partial charge in [-0.2, -0.15) is 0 Å². The molecule has 0 aliphatic rings. The summed E-state index contributed by atoms with van der Waals surface area (Å²) in [5.41, 5.74) is 7.78. The number of hydrogen-bond acceptors (Lipinski definition) is 4. The van der Waals surface area contributed by atoms with Crippen LogP contribution >= 0.6 is 0 Å². The lowest BCUT2D eigenvalue weighted by atomic mass is 10.0. The first-order chi connectivity index (χ1) is 15.2. The summed E-state index contributed by atoms with van der Waals surface area (Å²) in [5, 5.41) is 2.91. The molecule has 0 aliphatic carbocycles. The Morgan fingerprint density at radius 1 is 1.28 bits per heavy atom. The lowest BCUT2D eigenvalue weighted by Gasteiger charge is -2.23. The third kappa shape index (κ3) is 5.07. The number of carbonyl (C=O) groups excluding carboxylic acids is 1. The van der Waals surface area contributed by atoms with Crippen LogP contribution in [0.5, 0.6) is 5.75 Å². The first-order valence-corrected chi connectivity index (χ1v) is 10.8. The molecule has 0 saturated heterocycles. The molecule has 0 bridgehead atoms. The largest absolute Gasteiger partial charge is 0.485 e.